The fourth-order valence-electron chi connectivity index (χ4n) is 5.15. The number of hydrogen-bond acceptors (Lipinski definition) is 6. The summed E-state index contributed by atoms with van der Waals surface area (Å²) in [6.07, 6.45) is 6.13. The van der Waals surface area contributed by atoms with Crippen molar-refractivity contribution >= 4 is 11.7 Å². The van der Waals surface area contributed by atoms with Crippen LogP contribution in [-0.4, -0.2) is 61.7 Å². The van der Waals surface area contributed by atoms with Gasteiger partial charge in [-0.15, -0.1) is 0 Å². The molecule has 0 spiro atoms. The standard InChI is InChI=1S/C23H31N5O2/c1-30-11-7-21(29)28-10-9-27(14-20(28)15-2-3-15)23-18(12-24)17-6-8-25-13-19(17)22(26-23)16-4-5-16/h15-16,20,25H,2-11,13-14H2,1H3. The molecule has 1 saturated heterocycles. The van der Waals surface area contributed by atoms with Crippen molar-refractivity contribution in [3.05, 3.63) is 22.4 Å². The summed E-state index contributed by atoms with van der Waals surface area (Å²) in [5, 5.41) is 13.5. The second-order valence-corrected chi connectivity index (χ2v) is 9.15. The van der Waals surface area contributed by atoms with E-state index in [-0.39, 0.29) is 11.9 Å². The van der Waals surface area contributed by atoms with E-state index in [1.807, 2.05) is 0 Å². The number of nitrogens with zero attached hydrogens (tertiary/aromatic N) is 4. The Kier molecular flexibility index (Phi) is 5.38. The zero-order chi connectivity index (χ0) is 20.7. The van der Waals surface area contributed by atoms with E-state index < -0.39 is 0 Å². The summed E-state index contributed by atoms with van der Waals surface area (Å²) in [6.45, 7) is 4.45. The Hall–Kier alpha value is -2.17. The van der Waals surface area contributed by atoms with Crippen LogP contribution >= 0.6 is 0 Å². The SMILES string of the molecule is COCCC(=O)N1CCN(c2nc(C3CC3)c3c(c2C#N)CCNC3)CC1C1CC1. The molecular formula is C23H31N5O2. The highest BCUT2D eigenvalue weighted by molar-refractivity contribution is 5.77. The summed E-state index contributed by atoms with van der Waals surface area (Å²) >= 11 is 0. The van der Waals surface area contributed by atoms with Crippen LogP contribution in [0, 0.1) is 17.2 Å². The monoisotopic (exact) mass is 409 g/mol. The first-order chi connectivity index (χ1) is 14.7. The maximum Gasteiger partial charge on any atom is 0.225 e. The number of nitrogens with one attached hydrogen (secondary N) is 1. The molecule has 1 unspecified atom stereocenters. The molecule has 1 N–H and O–H groups in total. The number of aromatic nitrogens is 1. The van der Waals surface area contributed by atoms with E-state index in [0.717, 1.165) is 44.0 Å². The Balaban J connectivity index is 1.45. The lowest BCUT2D eigenvalue weighted by Gasteiger charge is -2.43. The third-order valence-corrected chi connectivity index (χ3v) is 7.08. The first-order valence-corrected chi connectivity index (χ1v) is 11.4. The zero-order valence-corrected chi connectivity index (χ0v) is 17.8. The number of ether oxygens (including phenoxy) is 1. The van der Waals surface area contributed by atoms with Crippen molar-refractivity contribution in [1.29, 1.82) is 5.26 Å². The van der Waals surface area contributed by atoms with Crippen LogP contribution in [0.3, 0.4) is 0 Å². The van der Waals surface area contributed by atoms with Gasteiger partial charge >= 0.3 is 0 Å². The predicted molar refractivity (Wildman–Crippen MR) is 113 cm³/mol. The summed E-state index contributed by atoms with van der Waals surface area (Å²) < 4.78 is 5.12. The fourth-order valence-corrected chi connectivity index (χ4v) is 5.15. The van der Waals surface area contributed by atoms with Gasteiger partial charge in [-0.1, -0.05) is 0 Å². The molecule has 1 atom stereocenters. The van der Waals surface area contributed by atoms with Crippen LogP contribution in [0.5, 0.6) is 0 Å². The van der Waals surface area contributed by atoms with Gasteiger partial charge in [0.2, 0.25) is 5.91 Å². The van der Waals surface area contributed by atoms with E-state index in [9.17, 15) is 10.1 Å². The smallest absolute Gasteiger partial charge is 0.225 e. The Morgan fingerprint density at radius 2 is 2.10 bits per heavy atom. The van der Waals surface area contributed by atoms with Crippen molar-refractivity contribution < 1.29 is 9.53 Å². The molecule has 30 heavy (non-hydrogen) atoms. The number of anilines is 1. The minimum Gasteiger partial charge on any atom is -0.384 e. The Morgan fingerprint density at radius 1 is 1.27 bits per heavy atom. The molecule has 1 aromatic rings. The summed E-state index contributed by atoms with van der Waals surface area (Å²) in [5.41, 5.74) is 4.47. The van der Waals surface area contributed by atoms with Crippen molar-refractivity contribution in [1.82, 2.24) is 15.2 Å². The van der Waals surface area contributed by atoms with Gasteiger partial charge in [0.1, 0.15) is 11.9 Å². The van der Waals surface area contributed by atoms with Crippen molar-refractivity contribution in [2.45, 2.75) is 57.0 Å². The van der Waals surface area contributed by atoms with Gasteiger partial charge in [-0.25, -0.2) is 4.98 Å². The van der Waals surface area contributed by atoms with Gasteiger partial charge in [0.25, 0.3) is 0 Å². The normalized spacial score (nSPS) is 23.8. The van der Waals surface area contributed by atoms with Crippen LogP contribution in [0.25, 0.3) is 0 Å². The molecule has 0 radical (unpaired) electrons. The minimum absolute atomic E-state index is 0.192. The first kappa shape index (κ1) is 19.8. The molecule has 2 aliphatic carbocycles. The van der Waals surface area contributed by atoms with Crippen LogP contribution < -0.4 is 10.2 Å². The molecule has 0 aromatic carbocycles. The second-order valence-electron chi connectivity index (χ2n) is 9.15. The van der Waals surface area contributed by atoms with Crippen molar-refractivity contribution in [2.75, 3.05) is 44.8 Å². The molecule has 160 valence electrons. The number of carbonyl (C=O) groups is 1. The molecule has 1 aromatic heterocycles. The van der Waals surface area contributed by atoms with Crippen LogP contribution in [0.15, 0.2) is 0 Å². The molecule has 0 bridgehead atoms. The summed E-state index contributed by atoms with van der Waals surface area (Å²) in [5.74, 6) is 2.20. The number of rotatable bonds is 6. The van der Waals surface area contributed by atoms with E-state index >= 15 is 0 Å². The number of carbonyl (C=O) groups excluding carboxylic acids is 1. The second kappa shape index (κ2) is 8.16. The average Bonchev–Trinajstić information content (AvgIpc) is 3.69. The van der Waals surface area contributed by atoms with E-state index in [1.165, 1.54) is 42.5 Å². The number of nitriles is 1. The van der Waals surface area contributed by atoms with Gasteiger partial charge in [-0.3, -0.25) is 4.79 Å². The van der Waals surface area contributed by atoms with Crippen molar-refractivity contribution in [3.63, 3.8) is 0 Å². The van der Waals surface area contributed by atoms with Gasteiger partial charge in [0.15, 0.2) is 0 Å². The van der Waals surface area contributed by atoms with Crippen LogP contribution in [0.4, 0.5) is 5.82 Å². The molecule has 4 aliphatic rings. The number of amides is 1. The number of fused-ring (bicyclic) bond motifs is 1. The van der Waals surface area contributed by atoms with Crippen LogP contribution in [-0.2, 0) is 22.5 Å². The Bertz CT molecular complexity index is 871. The van der Waals surface area contributed by atoms with Crippen molar-refractivity contribution in [2.24, 2.45) is 5.92 Å². The topological polar surface area (TPSA) is 81.5 Å². The zero-order valence-electron chi connectivity index (χ0n) is 17.8. The molecule has 7 heteroatoms. The molecule has 1 amide bonds. The van der Waals surface area contributed by atoms with E-state index in [4.69, 9.17) is 9.72 Å². The highest BCUT2D eigenvalue weighted by Crippen LogP contribution is 2.44. The molecule has 5 rings (SSSR count). The lowest BCUT2D eigenvalue weighted by atomic mass is 9.93. The first-order valence-electron chi connectivity index (χ1n) is 11.4. The quantitative estimate of drug-likeness (QED) is 0.773. The largest absolute Gasteiger partial charge is 0.384 e. The number of methoxy groups -OCH3 is 1. The molecule has 2 aliphatic heterocycles. The molecule has 3 fully saturated rings. The molecular weight excluding hydrogens is 378 g/mol. The van der Waals surface area contributed by atoms with E-state index in [0.29, 0.717) is 31.4 Å². The number of pyridine rings is 1. The van der Waals surface area contributed by atoms with Crippen LogP contribution in [0.1, 0.15) is 60.4 Å². The fraction of sp³-hybridized carbons (Fsp3) is 0.696. The summed E-state index contributed by atoms with van der Waals surface area (Å²) in [4.78, 5) is 22.3. The highest BCUT2D eigenvalue weighted by Gasteiger charge is 2.42. The lowest BCUT2D eigenvalue weighted by molar-refractivity contribution is -0.135. The molecule has 2 saturated carbocycles. The highest BCUT2D eigenvalue weighted by atomic mass is 16.5. The molecule has 3 heterocycles. The Morgan fingerprint density at radius 3 is 2.80 bits per heavy atom. The van der Waals surface area contributed by atoms with Gasteiger partial charge in [0.05, 0.1) is 30.3 Å². The third-order valence-electron chi connectivity index (χ3n) is 7.08. The van der Waals surface area contributed by atoms with Crippen molar-refractivity contribution in [3.8, 4) is 6.07 Å². The molecule has 7 nitrogen and oxygen atoms in total. The maximum absolute atomic E-state index is 12.8. The van der Waals surface area contributed by atoms with E-state index in [2.05, 4.69) is 21.2 Å². The summed E-state index contributed by atoms with van der Waals surface area (Å²) in [7, 11) is 1.64. The van der Waals surface area contributed by atoms with Gasteiger partial charge < -0.3 is 19.9 Å². The van der Waals surface area contributed by atoms with Gasteiger partial charge in [-0.05, 0) is 55.7 Å². The van der Waals surface area contributed by atoms with Gasteiger partial charge in [0, 0.05) is 39.2 Å². The minimum atomic E-state index is 0.192. The lowest BCUT2D eigenvalue weighted by Crippen LogP contribution is -2.56. The number of hydrogen-bond donors (Lipinski definition) is 1. The number of piperazine rings is 1. The third kappa shape index (κ3) is 3.67. The average molecular weight is 410 g/mol. The Labute approximate surface area is 178 Å². The van der Waals surface area contributed by atoms with Gasteiger partial charge in [-0.2, -0.15) is 5.26 Å². The van der Waals surface area contributed by atoms with E-state index in [1.54, 1.807) is 7.11 Å². The predicted octanol–water partition coefficient (Wildman–Crippen LogP) is 1.94. The van der Waals surface area contributed by atoms with Crippen LogP contribution in [0.2, 0.25) is 0 Å². The maximum atomic E-state index is 12.8. The summed E-state index contributed by atoms with van der Waals surface area (Å²) in [6, 6.07) is 2.72.